The van der Waals surface area contributed by atoms with Gasteiger partial charge in [-0.25, -0.2) is 0 Å². The van der Waals surface area contributed by atoms with Crippen LogP contribution in [0.15, 0.2) is 30.3 Å². The Morgan fingerprint density at radius 3 is 2.28 bits per heavy atom. The van der Waals surface area contributed by atoms with E-state index >= 15 is 0 Å². The Morgan fingerprint density at radius 2 is 1.80 bits per heavy atom. The molecule has 0 aromatic heterocycles. The van der Waals surface area contributed by atoms with Crippen LogP contribution in [0.4, 0.5) is 0 Å². The number of likely N-dealkylation sites (N-methyl/N-ethyl adjacent to an activating group) is 2. The van der Waals surface area contributed by atoms with E-state index in [1.54, 1.807) is 0 Å². The van der Waals surface area contributed by atoms with E-state index in [-0.39, 0.29) is 24.5 Å². The van der Waals surface area contributed by atoms with Gasteiger partial charge in [0.1, 0.15) is 6.04 Å². The minimum Gasteiger partial charge on any atom is -0.480 e. The number of carbonyl (C=O) groups is 2. The van der Waals surface area contributed by atoms with Gasteiger partial charge in [0.05, 0.1) is 6.54 Å². The first-order valence-electron chi connectivity index (χ1n) is 8.90. The fourth-order valence-electron chi connectivity index (χ4n) is 3.59. The van der Waals surface area contributed by atoms with Crippen LogP contribution >= 0.6 is 0 Å². The predicted octanol–water partition coefficient (Wildman–Crippen LogP) is 1.69. The van der Waals surface area contributed by atoms with E-state index in [1.165, 1.54) is 0 Å². The first-order valence-corrected chi connectivity index (χ1v) is 8.90. The lowest BCUT2D eigenvalue weighted by Gasteiger charge is -2.39. The van der Waals surface area contributed by atoms with Crippen molar-refractivity contribution in [2.45, 2.75) is 31.8 Å². The van der Waals surface area contributed by atoms with E-state index in [4.69, 9.17) is 5.11 Å². The molecule has 0 spiro atoms. The lowest BCUT2D eigenvalue weighted by molar-refractivity contribution is -0.141. The molecule has 0 saturated carbocycles. The molecule has 1 aliphatic heterocycles. The summed E-state index contributed by atoms with van der Waals surface area (Å²) >= 11 is 0. The van der Waals surface area contributed by atoms with Crippen LogP contribution in [0.1, 0.15) is 31.4 Å². The third-order valence-corrected chi connectivity index (χ3v) is 4.90. The zero-order valence-corrected chi connectivity index (χ0v) is 15.4. The zero-order valence-electron chi connectivity index (χ0n) is 15.4. The Kier molecular flexibility index (Phi) is 6.96. The number of carbonyl (C=O) groups excluding carboxylic acids is 1. The summed E-state index contributed by atoms with van der Waals surface area (Å²) in [5.74, 6) is -0.673. The molecule has 1 fully saturated rings. The molecule has 138 valence electrons. The van der Waals surface area contributed by atoms with Gasteiger partial charge in [-0.05, 0) is 39.0 Å². The predicted molar refractivity (Wildman–Crippen MR) is 97.4 cm³/mol. The van der Waals surface area contributed by atoms with E-state index in [9.17, 15) is 9.59 Å². The standard InChI is InChI=1S/C19H29N3O3/c1-4-21(14-17(23)24)16-10-12-22(13-11-16)19(25)18(20(2)3)15-8-6-5-7-9-15/h5-9,16,18H,4,10-14H2,1-3H3,(H,23,24). The third-order valence-electron chi connectivity index (χ3n) is 4.90. The SMILES string of the molecule is CCN(CC(=O)O)C1CCN(C(=O)C(c2ccccc2)N(C)C)CC1. The minimum atomic E-state index is -0.794. The number of benzene rings is 1. The smallest absolute Gasteiger partial charge is 0.317 e. The summed E-state index contributed by atoms with van der Waals surface area (Å²) in [6.45, 7) is 4.13. The summed E-state index contributed by atoms with van der Waals surface area (Å²) in [4.78, 5) is 29.9. The first kappa shape index (κ1) is 19.4. The molecule has 1 amide bonds. The highest BCUT2D eigenvalue weighted by Crippen LogP contribution is 2.24. The second-order valence-electron chi connectivity index (χ2n) is 6.79. The van der Waals surface area contributed by atoms with E-state index in [1.807, 2.05) is 66.1 Å². The third kappa shape index (κ3) is 5.03. The van der Waals surface area contributed by atoms with Crippen LogP contribution in [0.25, 0.3) is 0 Å². The fourth-order valence-corrected chi connectivity index (χ4v) is 3.59. The summed E-state index contributed by atoms with van der Waals surface area (Å²) < 4.78 is 0. The van der Waals surface area contributed by atoms with Crippen LogP contribution in [0, 0.1) is 0 Å². The van der Waals surface area contributed by atoms with Crippen molar-refractivity contribution in [3.8, 4) is 0 Å². The van der Waals surface area contributed by atoms with Gasteiger partial charge in [-0.2, -0.15) is 0 Å². The number of amides is 1. The second kappa shape index (κ2) is 8.97. The summed E-state index contributed by atoms with van der Waals surface area (Å²) in [5, 5.41) is 9.03. The molecule has 6 heteroatoms. The van der Waals surface area contributed by atoms with Crippen molar-refractivity contribution < 1.29 is 14.7 Å². The van der Waals surface area contributed by atoms with Crippen LogP contribution in [0.2, 0.25) is 0 Å². The highest BCUT2D eigenvalue weighted by atomic mass is 16.4. The van der Waals surface area contributed by atoms with Crippen LogP contribution < -0.4 is 0 Å². The number of likely N-dealkylation sites (tertiary alicyclic amines) is 1. The van der Waals surface area contributed by atoms with Crippen molar-refractivity contribution in [3.63, 3.8) is 0 Å². The highest BCUT2D eigenvalue weighted by Gasteiger charge is 2.32. The van der Waals surface area contributed by atoms with Gasteiger partial charge < -0.3 is 10.0 Å². The molecule has 6 nitrogen and oxygen atoms in total. The van der Waals surface area contributed by atoms with Gasteiger partial charge in [0.25, 0.3) is 0 Å². The van der Waals surface area contributed by atoms with Crippen molar-refractivity contribution in [3.05, 3.63) is 35.9 Å². The van der Waals surface area contributed by atoms with Gasteiger partial charge in [0, 0.05) is 19.1 Å². The molecule has 0 aliphatic carbocycles. The van der Waals surface area contributed by atoms with Crippen LogP contribution in [-0.4, -0.2) is 78.0 Å². The monoisotopic (exact) mass is 347 g/mol. The lowest BCUT2D eigenvalue weighted by Crippen LogP contribution is -2.50. The first-order chi connectivity index (χ1) is 11.9. The summed E-state index contributed by atoms with van der Waals surface area (Å²) in [6, 6.07) is 9.79. The Morgan fingerprint density at radius 1 is 1.20 bits per heavy atom. The molecule has 1 atom stereocenters. The number of piperidine rings is 1. The molecular weight excluding hydrogens is 318 g/mol. The van der Waals surface area contributed by atoms with Gasteiger partial charge in [-0.1, -0.05) is 37.3 Å². The maximum Gasteiger partial charge on any atom is 0.317 e. The molecule has 0 bridgehead atoms. The van der Waals surface area contributed by atoms with Crippen LogP contribution in [0.5, 0.6) is 0 Å². The number of aliphatic carboxylic acids is 1. The molecule has 1 aromatic rings. The molecule has 1 unspecified atom stereocenters. The van der Waals surface area contributed by atoms with E-state index in [0.717, 1.165) is 24.9 Å². The maximum absolute atomic E-state index is 13.0. The van der Waals surface area contributed by atoms with Crippen molar-refractivity contribution in [2.75, 3.05) is 40.3 Å². The summed E-state index contributed by atoms with van der Waals surface area (Å²) in [6.07, 6.45) is 1.64. The number of hydrogen-bond acceptors (Lipinski definition) is 4. The largest absolute Gasteiger partial charge is 0.480 e. The average Bonchev–Trinajstić information content (AvgIpc) is 2.60. The normalized spacial score (nSPS) is 17.1. The van der Waals surface area contributed by atoms with Crippen LogP contribution in [0.3, 0.4) is 0 Å². The quantitative estimate of drug-likeness (QED) is 0.813. The van der Waals surface area contributed by atoms with Gasteiger partial charge in [-0.3, -0.25) is 19.4 Å². The topological polar surface area (TPSA) is 64.1 Å². The Labute approximate surface area is 150 Å². The van der Waals surface area contributed by atoms with Gasteiger partial charge in [0.2, 0.25) is 5.91 Å². The molecule has 25 heavy (non-hydrogen) atoms. The Balaban J connectivity index is 2.01. The van der Waals surface area contributed by atoms with Crippen LogP contribution in [-0.2, 0) is 9.59 Å². The second-order valence-corrected chi connectivity index (χ2v) is 6.79. The number of carboxylic acid groups (broad SMARTS) is 1. The Hall–Kier alpha value is -1.92. The van der Waals surface area contributed by atoms with Gasteiger partial charge >= 0.3 is 5.97 Å². The van der Waals surface area contributed by atoms with E-state index < -0.39 is 5.97 Å². The Bertz CT molecular complexity index is 569. The molecule has 1 heterocycles. The number of carboxylic acids is 1. The summed E-state index contributed by atoms with van der Waals surface area (Å²) in [5.41, 5.74) is 1.00. The maximum atomic E-state index is 13.0. The van der Waals surface area contributed by atoms with Crippen molar-refractivity contribution in [1.82, 2.24) is 14.7 Å². The molecular formula is C19H29N3O3. The molecule has 1 saturated heterocycles. The number of hydrogen-bond donors (Lipinski definition) is 1. The van der Waals surface area contributed by atoms with E-state index in [2.05, 4.69) is 0 Å². The van der Waals surface area contributed by atoms with Gasteiger partial charge in [-0.15, -0.1) is 0 Å². The van der Waals surface area contributed by atoms with Gasteiger partial charge in [0.15, 0.2) is 0 Å². The number of rotatable bonds is 7. The fraction of sp³-hybridized carbons (Fsp3) is 0.579. The zero-order chi connectivity index (χ0) is 18.4. The average molecular weight is 347 g/mol. The molecule has 0 radical (unpaired) electrons. The van der Waals surface area contributed by atoms with Crippen molar-refractivity contribution in [1.29, 1.82) is 0 Å². The molecule has 2 rings (SSSR count). The molecule has 1 N–H and O–H groups in total. The number of nitrogens with zero attached hydrogens (tertiary/aromatic N) is 3. The molecule has 1 aliphatic rings. The van der Waals surface area contributed by atoms with Crippen molar-refractivity contribution in [2.24, 2.45) is 0 Å². The minimum absolute atomic E-state index is 0.0689. The van der Waals surface area contributed by atoms with Crippen molar-refractivity contribution >= 4 is 11.9 Å². The molecule has 1 aromatic carbocycles. The summed E-state index contributed by atoms with van der Waals surface area (Å²) in [7, 11) is 3.85. The van der Waals surface area contributed by atoms with E-state index in [0.29, 0.717) is 13.1 Å². The lowest BCUT2D eigenvalue weighted by atomic mass is 9.99. The highest BCUT2D eigenvalue weighted by molar-refractivity contribution is 5.83.